The number of benzene rings is 1. The molecule has 3 N–H and O–H groups in total. The van der Waals surface area contributed by atoms with E-state index in [1.165, 1.54) is 0 Å². The lowest BCUT2D eigenvalue weighted by atomic mass is 10.0. The summed E-state index contributed by atoms with van der Waals surface area (Å²) in [7, 11) is 0. The van der Waals surface area contributed by atoms with Crippen LogP contribution < -0.4 is 5.73 Å². The molecule has 4 heteroatoms. The van der Waals surface area contributed by atoms with E-state index >= 15 is 0 Å². The first-order chi connectivity index (χ1) is 7.54. The van der Waals surface area contributed by atoms with Crippen molar-refractivity contribution in [2.45, 2.75) is 30.0 Å². The molecular weight excluding hydrogens is 286 g/mol. The Labute approximate surface area is 110 Å². The van der Waals surface area contributed by atoms with Crippen molar-refractivity contribution in [2.24, 2.45) is 11.7 Å². The van der Waals surface area contributed by atoms with Gasteiger partial charge in [-0.05, 0) is 30.2 Å². The smallest absolute Gasteiger partial charge is 0.0568 e. The van der Waals surface area contributed by atoms with Gasteiger partial charge in [-0.15, -0.1) is 11.8 Å². The van der Waals surface area contributed by atoms with Crippen LogP contribution in [0.3, 0.4) is 0 Å². The number of hydrogen-bond acceptors (Lipinski definition) is 3. The Kier molecular flexibility index (Phi) is 5.83. The molecule has 0 radical (unpaired) electrons. The molecule has 0 fully saturated rings. The van der Waals surface area contributed by atoms with Crippen molar-refractivity contribution in [3.63, 3.8) is 0 Å². The minimum absolute atomic E-state index is 0.0126. The number of nitrogens with two attached hydrogens (primary N) is 1. The van der Waals surface area contributed by atoms with E-state index in [1.54, 1.807) is 11.8 Å². The number of hydrogen-bond donors (Lipinski definition) is 2. The fourth-order valence-corrected chi connectivity index (χ4v) is 2.81. The highest BCUT2D eigenvalue weighted by molar-refractivity contribution is 9.10. The van der Waals surface area contributed by atoms with Crippen LogP contribution in [0.4, 0.5) is 0 Å². The third-order valence-corrected chi connectivity index (χ3v) is 4.32. The van der Waals surface area contributed by atoms with Crippen molar-refractivity contribution in [1.82, 2.24) is 0 Å². The van der Waals surface area contributed by atoms with Gasteiger partial charge in [0, 0.05) is 20.7 Å². The van der Waals surface area contributed by atoms with Crippen LogP contribution in [0.5, 0.6) is 0 Å². The van der Waals surface area contributed by atoms with Crippen molar-refractivity contribution >= 4 is 27.7 Å². The summed E-state index contributed by atoms with van der Waals surface area (Å²) in [6.45, 7) is 4.27. The SMILES string of the molecule is CC(C)C(N)C(CO)Sc1ccc(Br)cc1. The van der Waals surface area contributed by atoms with E-state index in [1.807, 2.05) is 24.3 Å². The molecule has 0 aliphatic rings. The van der Waals surface area contributed by atoms with Gasteiger partial charge in [0.2, 0.25) is 0 Å². The molecular formula is C12H18BrNOS. The van der Waals surface area contributed by atoms with Crippen molar-refractivity contribution in [1.29, 1.82) is 0 Å². The van der Waals surface area contributed by atoms with Gasteiger partial charge in [-0.3, -0.25) is 0 Å². The maximum absolute atomic E-state index is 9.35. The molecule has 16 heavy (non-hydrogen) atoms. The lowest BCUT2D eigenvalue weighted by Crippen LogP contribution is -2.39. The largest absolute Gasteiger partial charge is 0.395 e. The fraction of sp³-hybridized carbons (Fsp3) is 0.500. The molecule has 0 aliphatic heterocycles. The zero-order valence-electron chi connectivity index (χ0n) is 9.56. The standard InChI is InChI=1S/C12H18BrNOS/c1-8(2)12(14)11(7-15)16-10-5-3-9(13)4-6-10/h3-6,8,11-12,15H,7,14H2,1-2H3. The van der Waals surface area contributed by atoms with Crippen molar-refractivity contribution in [2.75, 3.05) is 6.61 Å². The Morgan fingerprint density at radius 3 is 2.31 bits per heavy atom. The van der Waals surface area contributed by atoms with Crippen LogP contribution in [0.15, 0.2) is 33.6 Å². The predicted molar refractivity (Wildman–Crippen MR) is 73.7 cm³/mol. The molecule has 0 amide bonds. The minimum Gasteiger partial charge on any atom is -0.395 e. The first kappa shape index (κ1) is 14.0. The van der Waals surface area contributed by atoms with Gasteiger partial charge in [-0.25, -0.2) is 0 Å². The van der Waals surface area contributed by atoms with Gasteiger partial charge in [0.15, 0.2) is 0 Å². The van der Waals surface area contributed by atoms with Crippen LogP contribution in [0.2, 0.25) is 0 Å². The molecule has 1 rings (SSSR count). The van der Waals surface area contributed by atoms with E-state index in [-0.39, 0.29) is 17.9 Å². The van der Waals surface area contributed by atoms with Crippen LogP contribution in [0.1, 0.15) is 13.8 Å². The summed E-state index contributed by atoms with van der Waals surface area (Å²) < 4.78 is 1.06. The Morgan fingerprint density at radius 2 is 1.88 bits per heavy atom. The number of halogens is 1. The molecule has 0 spiro atoms. The van der Waals surface area contributed by atoms with Crippen LogP contribution in [-0.2, 0) is 0 Å². The average Bonchev–Trinajstić information content (AvgIpc) is 2.27. The minimum atomic E-state index is 0.0126. The lowest BCUT2D eigenvalue weighted by Gasteiger charge is -2.24. The molecule has 2 atom stereocenters. The molecule has 0 saturated carbocycles. The van der Waals surface area contributed by atoms with Gasteiger partial charge < -0.3 is 10.8 Å². The third kappa shape index (κ3) is 4.09. The second-order valence-electron chi connectivity index (χ2n) is 4.11. The van der Waals surface area contributed by atoms with Crippen molar-refractivity contribution < 1.29 is 5.11 Å². The van der Waals surface area contributed by atoms with Crippen LogP contribution >= 0.6 is 27.7 Å². The molecule has 1 aromatic carbocycles. The number of aliphatic hydroxyl groups is 1. The highest BCUT2D eigenvalue weighted by Gasteiger charge is 2.20. The zero-order chi connectivity index (χ0) is 12.1. The van der Waals surface area contributed by atoms with Crippen LogP contribution in [0.25, 0.3) is 0 Å². The topological polar surface area (TPSA) is 46.2 Å². The molecule has 0 aliphatic carbocycles. The highest BCUT2D eigenvalue weighted by Crippen LogP contribution is 2.27. The summed E-state index contributed by atoms with van der Waals surface area (Å²) in [4.78, 5) is 1.14. The molecule has 0 heterocycles. The highest BCUT2D eigenvalue weighted by atomic mass is 79.9. The molecule has 2 nitrogen and oxygen atoms in total. The van der Waals surface area contributed by atoms with Gasteiger partial charge in [0.1, 0.15) is 0 Å². The van der Waals surface area contributed by atoms with E-state index < -0.39 is 0 Å². The Balaban J connectivity index is 2.66. The first-order valence-electron chi connectivity index (χ1n) is 5.33. The van der Waals surface area contributed by atoms with Gasteiger partial charge in [0.05, 0.1) is 6.61 Å². The Hall–Kier alpha value is -0.0300. The number of aliphatic hydroxyl groups excluding tert-OH is 1. The molecule has 2 unspecified atom stereocenters. The third-order valence-electron chi connectivity index (χ3n) is 2.48. The lowest BCUT2D eigenvalue weighted by molar-refractivity contribution is 0.269. The van der Waals surface area contributed by atoms with E-state index in [9.17, 15) is 5.11 Å². The molecule has 0 saturated heterocycles. The fourth-order valence-electron chi connectivity index (χ4n) is 1.35. The van der Waals surface area contributed by atoms with Crippen molar-refractivity contribution in [3.8, 4) is 0 Å². The zero-order valence-corrected chi connectivity index (χ0v) is 12.0. The number of rotatable bonds is 5. The van der Waals surface area contributed by atoms with E-state index in [0.29, 0.717) is 5.92 Å². The molecule has 1 aromatic rings. The molecule has 90 valence electrons. The molecule has 0 bridgehead atoms. The van der Waals surface area contributed by atoms with Crippen LogP contribution in [0, 0.1) is 5.92 Å². The van der Waals surface area contributed by atoms with Gasteiger partial charge in [0.25, 0.3) is 0 Å². The summed E-state index contributed by atoms with van der Waals surface area (Å²) in [6, 6.07) is 8.07. The second kappa shape index (κ2) is 6.64. The summed E-state index contributed by atoms with van der Waals surface area (Å²) >= 11 is 5.04. The summed E-state index contributed by atoms with van der Waals surface area (Å²) in [6.07, 6.45) is 0. The summed E-state index contributed by atoms with van der Waals surface area (Å²) in [5.41, 5.74) is 6.06. The Morgan fingerprint density at radius 1 is 1.31 bits per heavy atom. The van der Waals surface area contributed by atoms with E-state index in [0.717, 1.165) is 9.37 Å². The molecule has 0 aromatic heterocycles. The normalized spacial score (nSPS) is 15.1. The summed E-state index contributed by atoms with van der Waals surface area (Å²) in [5, 5.41) is 9.41. The number of thioether (sulfide) groups is 1. The average molecular weight is 304 g/mol. The van der Waals surface area contributed by atoms with Crippen molar-refractivity contribution in [3.05, 3.63) is 28.7 Å². The maximum atomic E-state index is 9.35. The quantitative estimate of drug-likeness (QED) is 0.822. The second-order valence-corrected chi connectivity index (χ2v) is 6.34. The monoisotopic (exact) mass is 303 g/mol. The first-order valence-corrected chi connectivity index (χ1v) is 7.00. The van der Waals surface area contributed by atoms with Gasteiger partial charge in [-0.2, -0.15) is 0 Å². The van der Waals surface area contributed by atoms with Crippen LogP contribution in [-0.4, -0.2) is 23.0 Å². The van der Waals surface area contributed by atoms with Gasteiger partial charge >= 0.3 is 0 Å². The predicted octanol–water partition coefficient (Wildman–Crippen LogP) is 2.89. The van der Waals surface area contributed by atoms with Gasteiger partial charge in [-0.1, -0.05) is 29.8 Å². The summed E-state index contributed by atoms with van der Waals surface area (Å²) in [5.74, 6) is 0.375. The van der Waals surface area contributed by atoms with E-state index in [4.69, 9.17) is 5.73 Å². The maximum Gasteiger partial charge on any atom is 0.0568 e. The Bertz CT molecular complexity index is 315. The van der Waals surface area contributed by atoms with E-state index in [2.05, 4.69) is 29.8 Å².